The third-order valence-corrected chi connectivity index (χ3v) is 4.51. The third kappa shape index (κ3) is 5.01. The number of aryl methyl sites for hydroxylation is 2. The number of amides is 1. The monoisotopic (exact) mass is 355 g/mol. The van der Waals surface area contributed by atoms with E-state index >= 15 is 0 Å². The number of carbonyl (C=O) groups excluding carboxylic acids is 1. The summed E-state index contributed by atoms with van der Waals surface area (Å²) in [5.74, 6) is 1.10. The maximum atomic E-state index is 12.6. The van der Waals surface area contributed by atoms with Gasteiger partial charge < -0.3 is 14.8 Å². The average molecular weight is 355 g/mol. The van der Waals surface area contributed by atoms with Gasteiger partial charge in [-0.25, -0.2) is 0 Å². The lowest BCUT2D eigenvalue weighted by atomic mass is 10.0. The van der Waals surface area contributed by atoms with E-state index in [4.69, 9.17) is 9.47 Å². The zero-order valence-corrected chi connectivity index (χ0v) is 16.2. The smallest absolute Gasteiger partial charge is 0.261 e. The number of para-hydroxylation sites is 2. The van der Waals surface area contributed by atoms with E-state index in [0.717, 1.165) is 12.8 Å². The minimum Gasteiger partial charge on any atom is -0.493 e. The van der Waals surface area contributed by atoms with Crippen molar-refractivity contribution in [3.8, 4) is 11.5 Å². The molecule has 2 aromatic rings. The number of methoxy groups -OCH3 is 1. The van der Waals surface area contributed by atoms with Crippen LogP contribution in [0.1, 0.15) is 43.9 Å². The number of rotatable bonds is 9. The fraction of sp³-hybridized carbons (Fsp3) is 0.409. The van der Waals surface area contributed by atoms with E-state index in [1.807, 2.05) is 31.2 Å². The van der Waals surface area contributed by atoms with Crippen molar-refractivity contribution < 1.29 is 14.3 Å². The number of benzene rings is 2. The second-order valence-corrected chi connectivity index (χ2v) is 6.19. The second kappa shape index (κ2) is 9.85. The molecule has 2 rings (SSSR count). The standard InChI is InChI=1S/C22H29NO3/c1-5-16-12-13-17(6-2)18(14-16)15-23-22(24)19(7-3)26-21-11-9-8-10-20(21)25-4/h8-14,19H,5-7,15H2,1-4H3,(H,23,24). The Morgan fingerprint density at radius 3 is 2.35 bits per heavy atom. The number of hydrogen-bond donors (Lipinski definition) is 1. The van der Waals surface area contributed by atoms with Gasteiger partial charge in [0.25, 0.3) is 5.91 Å². The molecule has 0 spiro atoms. The van der Waals surface area contributed by atoms with Crippen molar-refractivity contribution in [1.82, 2.24) is 5.32 Å². The van der Waals surface area contributed by atoms with Gasteiger partial charge in [0.1, 0.15) is 0 Å². The van der Waals surface area contributed by atoms with Crippen LogP contribution in [-0.2, 0) is 24.2 Å². The van der Waals surface area contributed by atoms with Gasteiger partial charge in [0.05, 0.1) is 7.11 Å². The van der Waals surface area contributed by atoms with Gasteiger partial charge in [-0.05, 0) is 48.1 Å². The predicted molar refractivity (Wildman–Crippen MR) is 105 cm³/mol. The Balaban J connectivity index is 2.05. The second-order valence-electron chi connectivity index (χ2n) is 6.19. The van der Waals surface area contributed by atoms with Gasteiger partial charge in [0.2, 0.25) is 0 Å². The van der Waals surface area contributed by atoms with E-state index in [9.17, 15) is 4.79 Å². The Morgan fingerprint density at radius 1 is 1.00 bits per heavy atom. The molecule has 0 aliphatic heterocycles. The van der Waals surface area contributed by atoms with E-state index in [1.54, 1.807) is 7.11 Å². The zero-order chi connectivity index (χ0) is 18.9. The minimum absolute atomic E-state index is 0.109. The first kappa shape index (κ1) is 19.8. The van der Waals surface area contributed by atoms with Gasteiger partial charge >= 0.3 is 0 Å². The van der Waals surface area contributed by atoms with Crippen molar-refractivity contribution in [2.75, 3.05) is 7.11 Å². The van der Waals surface area contributed by atoms with Crippen LogP contribution in [0, 0.1) is 0 Å². The van der Waals surface area contributed by atoms with Crippen LogP contribution < -0.4 is 14.8 Å². The first-order chi connectivity index (χ1) is 12.6. The predicted octanol–water partition coefficient (Wildman–Crippen LogP) is 4.29. The van der Waals surface area contributed by atoms with Gasteiger partial charge in [0, 0.05) is 6.54 Å². The molecule has 2 aromatic carbocycles. The van der Waals surface area contributed by atoms with Crippen molar-refractivity contribution in [3.05, 3.63) is 59.2 Å². The highest BCUT2D eigenvalue weighted by Gasteiger charge is 2.20. The van der Waals surface area contributed by atoms with Crippen molar-refractivity contribution in [3.63, 3.8) is 0 Å². The average Bonchev–Trinajstić information content (AvgIpc) is 2.70. The summed E-state index contributed by atoms with van der Waals surface area (Å²) in [5, 5.41) is 3.03. The number of hydrogen-bond acceptors (Lipinski definition) is 3. The van der Waals surface area contributed by atoms with Gasteiger partial charge in [-0.3, -0.25) is 4.79 Å². The fourth-order valence-electron chi connectivity index (χ4n) is 2.90. The molecule has 1 N–H and O–H groups in total. The summed E-state index contributed by atoms with van der Waals surface area (Å²) >= 11 is 0. The molecule has 0 saturated carbocycles. The molecule has 4 nitrogen and oxygen atoms in total. The van der Waals surface area contributed by atoms with Crippen molar-refractivity contribution in [2.24, 2.45) is 0 Å². The lowest BCUT2D eigenvalue weighted by Crippen LogP contribution is -2.37. The van der Waals surface area contributed by atoms with Crippen LogP contribution in [0.25, 0.3) is 0 Å². The third-order valence-electron chi connectivity index (χ3n) is 4.51. The molecule has 0 aliphatic carbocycles. The normalized spacial score (nSPS) is 11.7. The first-order valence-electron chi connectivity index (χ1n) is 9.30. The lowest BCUT2D eigenvalue weighted by molar-refractivity contribution is -0.128. The number of nitrogens with one attached hydrogen (secondary N) is 1. The van der Waals surface area contributed by atoms with E-state index in [-0.39, 0.29) is 5.91 Å². The highest BCUT2D eigenvalue weighted by Crippen LogP contribution is 2.27. The summed E-state index contributed by atoms with van der Waals surface area (Å²) in [7, 11) is 1.59. The topological polar surface area (TPSA) is 47.6 Å². The Bertz CT molecular complexity index is 727. The fourth-order valence-corrected chi connectivity index (χ4v) is 2.90. The van der Waals surface area contributed by atoms with Crippen LogP contribution in [0.15, 0.2) is 42.5 Å². The molecule has 26 heavy (non-hydrogen) atoms. The molecule has 140 valence electrons. The van der Waals surface area contributed by atoms with Crippen LogP contribution >= 0.6 is 0 Å². The maximum Gasteiger partial charge on any atom is 0.261 e. The largest absolute Gasteiger partial charge is 0.493 e. The molecule has 1 unspecified atom stereocenters. The van der Waals surface area contributed by atoms with Crippen LogP contribution in [0.5, 0.6) is 11.5 Å². The molecule has 0 bridgehead atoms. The van der Waals surface area contributed by atoms with E-state index < -0.39 is 6.10 Å². The molecular weight excluding hydrogens is 326 g/mol. The molecule has 1 amide bonds. The van der Waals surface area contributed by atoms with E-state index in [2.05, 4.69) is 37.4 Å². The van der Waals surface area contributed by atoms with E-state index in [1.165, 1.54) is 16.7 Å². The van der Waals surface area contributed by atoms with Crippen molar-refractivity contribution >= 4 is 5.91 Å². The molecule has 0 saturated heterocycles. The molecule has 0 aliphatic rings. The molecule has 0 heterocycles. The van der Waals surface area contributed by atoms with Crippen LogP contribution in [-0.4, -0.2) is 19.1 Å². The summed E-state index contributed by atoms with van der Waals surface area (Å²) in [6.07, 6.45) is 1.97. The highest BCUT2D eigenvalue weighted by atomic mass is 16.5. The van der Waals surface area contributed by atoms with Crippen molar-refractivity contribution in [1.29, 1.82) is 0 Å². The van der Waals surface area contributed by atoms with Gasteiger partial charge in [-0.1, -0.05) is 51.1 Å². The molecule has 4 heteroatoms. The molecule has 0 radical (unpaired) electrons. The number of carbonyl (C=O) groups is 1. The minimum atomic E-state index is -0.550. The highest BCUT2D eigenvalue weighted by molar-refractivity contribution is 5.81. The Labute approximate surface area is 156 Å². The molecule has 1 atom stereocenters. The summed E-state index contributed by atoms with van der Waals surface area (Å²) in [6.45, 7) is 6.72. The maximum absolute atomic E-state index is 12.6. The molecular formula is C22H29NO3. The number of ether oxygens (including phenoxy) is 2. The first-order valence-corrected chi connectivity index (χ1v) is 9.30. The SMILES string of the molecule is CCc1ccc(CC)c(CNC(=O)C(CC)Oc2ccccc2OC)c1. The van der Waals surface area contributed by atoms with Gasteiger partial charge in [-0.15, -0.1) is 0 Å². The zero-order valence-electron chi connectivity index (χ0n) is 16.2. The summed E-state index contributed by atoms with van der Waals surface area (Å²) < 4.78 is 11.2. The van der Waals surface area contributed by atoms with E-state index in [0.29, 0.717) is 24.5 Å². The Kier molecular flexibility index (Phi) is 7.52. The summed E-state index contributed by atoms with van der Waals surface area (Å²) in [4.78, 5) is 12.6. The summed E-state index contributed by atoms with van der Waals surface area (Å²) in [5.41, 5.74) is 3.72. The Morgan fingerprint density at radius 2 is 1.73 bits per heavy atom. The lowest BCUT2D eigenvalue weighted by Gasteiger charge is -2.19. The Hall–Kier alpha value is -2.49. The van der Waals surface area contributed by atoms with Crippen LogP contribution in [0.4, 0.5) is 0 Å². The molecule has 0 fully saturated rings. The van der Waals surface area contributed by atoms with Crippen molar-refractivity contribution in [2.45, 2.75) is 52.7 Å². The van der Waals surface area contributed by atoms with Crippen LogP contribution in [0.2, 0.25) is 0 Å². The van der Waals surface area contributed by atoms with Gasteiger partial charge in [0.15, 0.2) is 17.6 Å². The summed E-state index contributed by atoms with van der Waals surface area (Å²) in [6, 6.07) is 13.9. The quantitative estimate of drug-likeness (QED) is 0.730. The van der Waals surface area contributed by atoms with Gasteiger partial charge in [-0.2, -0.15) is 0 Å². The van der Waals surface area contributed by atoms with Crippen LogP contribution in [0.3, 0.4) is 0 Å². The molecule has 0 aromatic heterocycles.